The third-order valence-electron chi connectivity index (χ3n) is 4.63. The summed E-state index contributed by atoms with van der Waals surface area (Å²) in [5.74, 6) is 0.495. The molecule has 0 spiro atoms. The molecule has 0 aliphatic carbocycles. The highest BCUT2D eigenvalue weighted by Gasteiger charge is 2.23. The van der Waals surface area contributed by atoms with Gasteiger partial charge in [0.1, 0.15) is 11.6 Å². The standard InChI is InChI=1S/C18H21FN6O2/c1-23(11-17-20-15-4-3-12(19)7-16(15)21-17)9-13-8-14-10-24(18(26)27-2)5-6-25(14)22-13/h3-4,7-8H,5-6,9-11H2,1-2H3,(H,20,21). The monoisotopic (exact) mass is 372 g/mol. The SMILES string of the molecule is COC(=O)N1CCn2nc(CN(C)Cc3nc4ccc(F)cc4[nH]3)cc2C1. The number of aromatic amines is 1. The first kappa shape index (κ1) is 17.5. The quantitative estimate of drug-likeness (QED) is 0.759. The molecule has 1 aromatic carbocycles. The number of ether oxygens (including phenoxy) is 1. The number of hydrogen-bond acceptors (Lipinski definition) is 5. The number of amides is 1. The molecule has 0 bridgehead atoms. The van der Waals surface area contributed by atoms with Gasteiger partial charge in [0.05, 0.1) is 49.2 Å². The number of imidazole rings is 1. The Labute approximate surface area is 155 Å². The van der Waals surface area contributed by atoms with E-state index in [1.54, 1.807) is 11.0 Å². The number of nitrogens with one attached hydrogen (secondary N) is 1. The van der Waals surface area contributed by atoms with Gasteiger partial charge in [-0.1, -0.05) is 0 Å². The lowest BCUT2D eigenvalue weighted by atomic mass is 10.3. The second-order valence-corrected chi connectivity index (χ2v) is 6.76. The second-order valence-electron chi connectivity index (χ2n) is 6.76. The van der Waals surface area contributed by atoms with E-state index in [9.17, 15) is 9.18 Å². The van der Waals surface area contributed by atoms with Gasteiger partial charge in [0.15, 0.2) is 0 Å². The molecule has 142 valence electrons. The summed E-state index contributed by atoms with van der Waals surface area (Å²) in [7, 11) is 3.37. The fourth-order valence-electron chi connectivity index (χ4n) is 3.39. The van der Waals surface area contributed by atoms with Gasteiger partial charge in [0, 0.05) is 13.1 Å². The van der Waals surface area contributed by atoms with Gasteiger partial charge in [-0.25, -0.2) is 14.2 Å². The van der Waals surface area contributed by atoms with Crippen LogP contribution in [0.2, 0.25) is 0 Å². The molecule has 9 heteroatoms. The van der Waals surface area contributed by atoms with Gasteiger partial charge in [-0.15, -0.1) is 0 Å². The molecule has 1 amide bonds. The van der Waals surface area contributed by atoms with Crippen molar-refractivity contribution in [2.75, 3.05) is 20.7 Å². The average molecular weight is 372 g/mol. The Kier molecular flexibility index (Phi) is 4.53. The zero-order chi connectivity index (χ0) is 19.0. The molecular formula is C18H21FN6O2. The molecule has 0 atom stereocenters. The van der Waals surface area contributed by atoms with Gasteiger partial charge in [0.25, 0.3) is 0 Å². The van der Waals surface area contributed by atoms with Gasteiger partial charge in [-0.05, 0) is 31.3 Å². The molecule has 1 aliphatic heterocycles. The third kappa shape index (κ3) is 3.63. The lowest BCUT2D eigenvalue weighted by molar-refractivity contribution is 0.111. The minimum absolute atomic E-state index is 0.282. The van der Waals surface area contributed by atoms with Crippen molar-refractivity contribution in [2.24, 2.45) is 0 Å². The topological polar surface area (TPSA) is 79.3 Å². The summed E-state index contributed by atoms with van der Waals surface area (Å²) >= 11 is 0. The summed E-state index contributed by atoms with van der Waals surface area (Å²) in [6.07, 6.45) is -0.317. The van der Waals surface area contributed by atoms with Crippen molar-refractivity contribution < 1.29 is 13.9 Å². The van der Waals surface area contributed by atoms with Crippen LogP contribution in [0.4, 0.5) is 9.18 Å². The maximum absolute atomic E-state index is 13.3. The number of nitrogens with zero attached hydrogens (tertiary/aromatic N) is 5. The first-order valence-corrected chi connectivity index (χ1v) is 8.73. The Morgan fingerprint density at radius 1 is 1.33 bits per heavy atom. The number of benzene rings is 1. The predicted octanol–water partition coefficient (Wildman–Crippen LogP) is 2.11. The van der Waals surface area contributed by atoms with Crippen molar-refractivity contribution in [1.29, 1.82) is 0 Å². The van der Waals surface area contributed by atoms with Crippen LogP contribution in [0.1, 0.15) is 17.2 Å². The van der Waals surface area contributed by atoms with E-state index in [1.807, 2.05) is 17.8 Å². The number of halogens is 1. The van der Waals surface area contributed by atoms with Crippen LogP contribution in [0.25, 0.3) is 11.0 Å². The smallest absolute Gasteiger partial charge is 0.409 e. The molecule has 27 heavy (non-hydrogen) atoms. The van der Waals surface area contributed by atoms with Crippen LogP contribution >= 0.6 is 0 Å². The zero-order valence-electron chi connectivity index (χ0n) is 15.3. The Bertz CT molecular complexity index is 982. The van der Waals surface area contributed by atoms with Gasteiger partial charge in [0.2, 0.25) is 0 Å². The minimum atomic E-state index is -0.317. The highest BCUT2D eigenvalue weighted by Crippen LogP contribution is 2.17. The molecule has 3 heterocycles. The van der Waals surface area contributed by atoms with Gasteiger partial charge < -0.3 is 14.6 Å². The van der Waals surface area contributed by atoms with E-state index in [4.69, 9.17) is 4.74 Å². The van der Waals surface area contributed by atoms with Crippen molar-refractivity contribution in [3.63, 3.8) is 0 Å². The van der Waals surface area contributed by atoms with E-state index >= 15 is 0 Å². The molecule has 1 aliphatic rings. The average Bonchev–Trinajstić information content (AvgIpc) is 3.22. The van der Waals surface area contributed by atoms with Crippen LogP contribution in [0.5, 0.6) is 0 Å². The van der Waals surface area contributed by atoms with Crippen LogP contribution in [0.3, 0.4) is 0 Å². The molecule has 8 nitrogen and oxygen atoms in total. The first-order valence-electron chi connectivity index (χ1n) is 8.73. The van der Waals surface area contributed by atoms with E-state index in [-0.39, 0.29) is 11.9 Å². The number of fused-ring (bicyclic) bond motifs is 2. The fourth-order valence-corrected chi connectivity index (χ4v) is 3.39. The predicted molar refractivity (Wildman–Crippen MR) is 96.3 cm³/mol. The maximum atomic E-state index is 13.3. The van der Waals surface area contributed by atoms with Crippen LogP contribution in [0, 0.1) is 5.82 Å². The molecule has 2 aromatic heterocycles. The van der Waals surface area contributed by atoms with Gasteiger partial charge >= 0.3 is 6.09 Å². The summed E-state index contributed by atoms with van der Waals surface area (Å²) < 4.78 is 20.0. The lowest BCUT2D eigenvalue weighted by Gasteiger charge is -2.26. The van der Waals surface area contributed by atoms with Gasteiger partial charge in [-0.2, -0.15) is 5.10 Å². The summed E-state index contributed by atoms with van der Waals surface area (Å²) in [6, 6.07) is 6.53. The number of H-pyrrole nitrogens is 1. The Morgan fingerprint density at radius 3 is 3.00 bits per heavy atom. The normalized spacial score (nSPS) is 14.0. The molecule has 0 radical (unpaired) electrons. The van der Waals surface area contributed by atoms with Crippen molar-refractivity contribution in [1.82, 2.24) is 29.5 Å². The molecule has 0 unspecified atom stereocenters. The van der Waals surface area contributed by atoms with Gasteiger partial charge in [-0.3, -0.25) is 9.58 Å². The number of methoxy groups -OCH3 is 1. The van der Waals surface area contributed by atoms with Crippen molar-refractivity contribution in [3.8, 4) is 0 Å². The van der Waals surface area contributed by atoms with E-state index in [0.717, 1.165) is 22.7 Å². The molecule has 0 fully saturated rings. The highest BCUT2D eigenvalue weighted by atomic mass is 19.1. The van der Waals surface area contributed by atoms with Crippen molar-refractivity contribution in [2.45, 2.75) is 26.2 Å². The zero-order valence-corrected chi connectivity index (χ0v) is 15.3. The van der Waals surface area contributed by atoms with Crippen LogP contribution in [-0.4, -0.2) is 56.3 Å². The van der Waals surface area contributed by atoms with E-state index in [1.165, 1.54) is 19.2 Å². The molecule has 3 aromatic rings. The van der Waals surface area contributed by atoms with Crippen molar-refractivity contribution >= 4 is 17.1 Å². The Balaban J connectivity index is 1.42. The number of carbonyl (C=O) groups excluding carboxylic acids is 1. The molecule has 1 N–H and O–H groups in total. The number of aromatic nitrogens is 4. The summed E-state index contributed by atoms with van der Waals surface area (Å²) in [4.78, 5) is 23.1. The van der Waals surface area contributed by atoms with Crippen LogP contribution in [0.15, 0.2) is 24.3 Å². The lowest BCUT2D eigenvalue weighted by Crippen LogP contribution is -2.38. The minimum Gasteiger partial charge on any atom is -0.453 e. The fraction of sp³-hybridized carbons (Fsp3) is 0.389. The third-order valence-corrected chi connectivity index (χ3v) is 4.63. The van der Waals surface area contributed by atoms with Crippen LogP contribution in [-0.2, 0) is 30.9 Å². The highest BCUT2D eigenvalue weighted by molar-refractivity contribution is 5.74. The van der Waals surface area contributed by atoms with E-state index < -0.39 is 0 Å². The number of rotatable bonds is 4. The largest absolute Gasteiger partial charge is 0.453 e. The first-order chi connectivity index (χ1) is 13.0. The maximum Gasteiger partial charge on any atom is 0.409 e. The second kappa shape index (κ2) is 6.99. The summed E-state index contributed by atoms with van der Waals surface area (Å²) in [6.45, 7) is 2.98. The van der Waals surface area contributed by atoms with E-state index in [2.05, 4.69) is 20.0 Å². The molecule has 0 saturated carbocycles. The van der Waals surface area contributed by atoms with Crippen molar-refractivity contribution in [3.05, 3.63) is 47.3 Å². The molecule has 4 rings (SSSR count). The Hall–Kier alpha value is -2.94. The number of hydrogen-bond donors (Lipinski definition) is 1. The molecular weight excluding hydrogens is 351 g/mol. The van der Waals surface area contributed by atoms with E-state index in [0.29, 0.717) is 38.2 Å². The summed E-state index contributed by atoms with van der Waals surface area (Å²) in [5, 5.41) is 4.62. The summed E-state index contributed by atoms with van der Waals surface area (Å²) in [5.41, 5.74) is 3.37. The van der Waals surface area contributed by atoms with Crippen LogP contribution < -0.4 is 0 Å². The Morgan fingerprint density at radius 2 is 2.19 bits per heavy atom. The number of carbonyl (C=O) groups is 1. The molecule has 0 saturated heterocycles.